The van der Waals surface area contributed by atoms with Gasteiger partial charge in [0.05, 0.1) is 23.6 Å². The average Bonchev–Trinajstić information content (AvgIpc) is 3.26. The van der Waals surface area contributed by atoms with Gasteiger partial charge in [-0.25, -0.2) is 4.98 Å². The molecule has 0 aliphatic heterocycles. The SMILES string of the molecule is COc1ccc2nc(NC(=O)CCCNC(=O)c3ccco3)sc2c1. The largest absolute Gasteiger partial charge is 0.497 e. The average molecular weight is 359 g/mol. The Morgan fingerprint density at radius 3 is 2.96 bits per heavy atom. The Bertz CT molecular complexity index is 873. The fraction of sp³-hybridized carbons (Fsp3) is 0.235. The van der Waals surface area contributed by atoms with Gasteiger partial charge in [-0.15, -0.1) is 0 Å². The number of thiazole rings is 1. The van der Waals surface area contributed by atoms with E-state index in [4.69, 9.17) is 9.15 Å². The Labute approximate surface area is 148 Å². The molecule has 3 aromatic rings. The number of carbonyl (C=O) groups is 2. The normalized spacial score (nSPS) is 10.6. The molecular weight excluding hydrogens is 342 g/mol. The smallest absolute Gasteiger partial charge is 0.286 e. The van der Waals surface area contributed by atoms with Crippen LogP contribution >= 0.6 is 11.3 Å². The summed E-state index contributed by atoms with van der Waals surface area (Å²) >= 11 is 1.39. The molecule has 0 radical (unpaired) electrons. The highest BCUT2D eigenvalue weighted by Crippen LogP contribution is 2.29. The van der Waals surface area contributed by atoms with Gasteiger partial charge >= 0.3 is 0 Å². The van der Waals surface area contributed by atoms with Crippen molar-refractivity contribution in [1.82, 2.24) is 10.3 Å². The summed E-state index contributed by atoms with van der Waals surface area (Å²) in [7, 11) is 1.61. The lowest BCUT2D eigenvalue weighted by molar-refractivity contribution is -0.116. The van der Waals surface area contributed by atoms with Crippen molar-refractivity contribution in [3.63, 3.8) is 0 Å². The number of benzene rings is 1. The van der Waals surface area contributed by atoms with E-state index in [9.17, 15) is 9.59 Å². The highest BCUT2D eigenvalue weighted by molar-refractivity contribution is 7.22. The molecule has 7 nitrogen and oxygen atoms in total. The van der Waals surface area contributed by atoms with Gasteiger partial charge in [0.2, 0.25) is 5.91 Å². The second-order valence-electron chi connectivity index (χ2n) is 5.24. The number of nitrogens with one attached hydrogen (secondary N) is 2. The fourth-order valence-corrected chi connectivity index (χ4v) is 3.12. The number of anilines is 1. The molecule has 1 aromatic carbocycles. The molecule has 0 aliphatic rings. The lowest BCUT2D eigenvalue weighted by atomic mass is 10.3. The van der Waals surface area contributed by atoms with E-state index in [2.05, 4.69) is 15.6 Å². The highest BCUT2D eigenvalue weighted by atomic mass is 32.1. The lowest BCUT2D eigenvalue weighted by Gasteiger charge is -2.03. The molecule has 8 heteroatoms. The second kappa shape index (κ2) is 7.80. The minimum absolute atomic E-state index is 0.140. The highest BCUT2D eigenvalue weighted by Gasteiger charge is 2.10. The first kappa shape index (κ1) is 17.0. The number of hydrogen-bond acceptors (Lipinski definition) is 6. The number of ether oxygens (including phenoxy) is 1. The Morgan fingerprint density at radius 2 is 2.20 bits per heavy atom. The van der Waals surface area contributed by atoms with Gasteiger partial charge in [-0.3, -0.25) is 9.59 Å². The Balaban J connectivity index is 1.45. The monoisotopic (exact) mass is 359 g/mol. The molecule has 3 rings (SSSR count). The van der Waals surface area contributed by atoms with E-state index in [0.29, 0.717) is 18.1 Å². The zero-order valence-electron chi connectivity index (χ0n) is 13.6. The summed E-state index contributed by atoms with van der Waals surface area (Å²) in [6.07, 6.45) is 2.25. The summed E-state index contributed by atoms with van der Waals surface area (Å²) in [6, 6.07) is 8.80. The van der Waals surface area contributed by atoms with E-state index < -0.39 is 0 Å². The lowest BCUT2D eigenvalue weighted by Crippen LogP contribution is -2.25. The Kier molecular flexibility index (Phi) is 5.30. The number of furan rings is 1. The van der Waals surface area contributed by atoms with Crippen molar-refractivity contribution in [3.8, 4) is 5.75 Å². The molecule has 0 aliphatic carbocycles. The number of hydrogen-bond donors (Lipinski definition) is 2. The number of aromatic nitrogens is 1. The van der Waals surface area contributed by atoms with Gasteiger partial charge in [0, 0.05) is 13.0 Å². The molecule has 0 bridgehead atoms. The minimum Gasteiger partial charge on any atom is -0.497 e. The van der Waals surface area contributed by atoms with Gasteiger partial charge in [0.15, 0.2) is 10.9 Å². The van der Waals surface area contributed by atoms with Crippen LogP contribution in [0.4, 0.5) is 5.13 Å². The van der Waals surface area contributed by atoms with Crippen LogP contribution in [0.2, 0.25) is 0 Å². The molecule has 2 N–H and O–H groups in total. The van der Waals surface area contributed by atoms with Crippen molar-refractivity contribution in [2.45, 2.75) is 12.8 Å². The van der Waals surface area contributed by atoms with Crippen molar-refractivity contribution >= 4 is 38.5 Å². The Hall–Kier alpha value is -2.87. The number of fused-ring (bicyclic) bond motifs is 1. The molecule has 0 saturated carbocycles. The maximum atomic E-state index is 12.0. The quantitative estimate of drug-likeness (QED) is 0.633. The van der Waals surface area contributed by atoms with Crippen molar-refractivity contribution in [2.75, 3.05) is 19.0 Å². The molecule has 0 atom stereocenters. The minimum atomic E-state index is -0.287. The summed E-state index contributed by atoms with van der Waals surface area (Å²) in [5.74, 6) is 0.583. The zero-order valence-corrected chi connectivity index (χ0v) is 14.4. The molecule has 130 valence electrons. The van der Waals surface area contributed by atoms with Crippen molar-refractivity contribution in [1.29, 1.82) is 0 Å². The first-order valence-corrected chi connectivity index (χ1v) is 8.53. The first-order chi connectivity index (χ1) is 12.2. The number of methoxy groups -OCH3 is 1. The number of rotatable bonds is 7. The van der Waals surface area contributed by atoms with Gasteiger partial charge in [0.1, 0.15) is 5.75 Å². The van der Waals surface area contributed by atoms with Crippen molar-refractivity contribution in [2.24, 2.45) is 0 Å². The Morgan fingerprint density at radius 1 is 1.32 bits per heavy atom. The van der Waals surface area contributed by atoms with Crippen LogP contribution in [0.3, 0.4) is 0 Å². The molecule has 2 amide bonds. The van der Waals surface area contributed by atoms with Crippen LogP contribution in [0.5, 0.6) is 5.75 Å². The van der Waals surface area contributed by atoms with Gasteiger partial charge < -0.3 is 19.8 Å². The van der Waals surface area contributed by atoms with Crippen LogP contribution in [-0.4, -0.2) is 30.5 Å². The number of nitrogens with zero attached hydrogens (tertiary/aromatic N) is 1. The van der Waals surface area contributed by atoms with Crippen LogP contribution in [0.1, 0.15) is 23.4 Å². The standard InChI is InChI=1S/C17H17N3O4S/c1-23-11-6-7-12-14(10-11)25-17(19-12)20-15(21)5-2-8-18-16(22)13-4-3-9-24-13/h3-4,6-7,9-10H,2,5,8H2,1H3,(H,18,22)(H,19,20,21). The zero-order chi connectivity index (χ0) is 17.6. The topological polar surface area (TPSA) is 93.5 Å². The van der Waals surface area contributed by atoms with Crippen molar-refractivity contribution in [3.05, 3.63) is 42.4 Å². The second-order valence-corrected chi connectivity index (χ2v) is 6.27. The maximum absolute atomic E-state index is 12.0. The van der Waals surface area contributed by atoms with Crippen molar-refractivity contribution < 1.29 is 18.7 Å². The van der Waals surface area contributed by atoms with Gasteiger partial charge in [0.25, 0.3) is 5.91 Å². The summed E-state index contributed by atoms with van der Waals surface area (Å²) in [6.45, 7) is 0.393. The van der Waals surface area contributed by atoms with Crippen LogP contribution in [0.15, 0.2) is 41.0 Å². The van der Waals surface area contributed by atoms with Crippen LogP contribution in [0.25, 0.3) is 10.2 Å². The van der Waals surface area contributed by atoms with E-state index in [1.807, 2.05) is 18.2 Å². The molecule has 2 heterocycles. The third kappa shape index (κ3) is 4.36. The molecule has 2 aromatic heterocycles. The van der Waals surface area contributed by atoms with E-state index in [0.717, 1.165) is 16.0 Å². The molecule has 0 fully saturated rings. The summed E-state index contributed by atoms with van der Waals surface area (Å²) in [4.78, 5) is 28.0. The van der Waals surface area contributed by atoms with Gasteiger partial charge in [-0.1, -0.05) is 11.3 Å². The number of amides is 2. The third-order valence-electron chi connectivity index (χ3n) is 3.45. The first-order valence-electron chi connectivity index (χ1n) is 7.72. The molecular formula is C17H17N3O4S. The van der Waals surface area contributed by atoms with E-state index >= 15 is 0 Å². The molecule has 0 spiro atoms. The summed E-state index contributed by atoms with van der Waals surface area (Å²) in [5, 5.41) is 6.03. The predicted octanol–water partition coefficient (Wildman–Crippen LogP) is 3.05. The number of carbonyl (C=O) groups excluding carboxylic acids is 2. The molecule has 25 heavy (non-hydrogen) atoms. The van der Waals surface area contributed by atoms with E-state index in [1.165, 1.54) is 17.6 Å². The van der Waals surface area contributed by atoms with E-state index in [1.54, 1.807) is 19.2 Å². The van der Waals surface area contributed by atoms with Crippen LogP contribution in [0, 0.1) is 0 Å². The maximum Gasteiger partial charge on any atom is 0.286 e. The summed E-state index contributed by atoms with van der Waals surface area (Å²) < 4.78 is 11.1. The van der Waals surface area contributed by atoms with E-state index in [-0.39, 0.29) is 24.0 Å². The van der Waals surface area contributed by atoms with Gasteiger partial charge in [-0.05, 0) is 36.8 Å². The van der Waals surface area contributed by atoms with Crippen LogP contribution in [-0.2, 0) is 4.79 Å². The molecule has 0 unspecified atom stereocenters. The van der Waals surface area contributed by atoms with Crippen LogP contribution < -0.4 is 15.4 Å². The molecule has 0 saturated heterocycles. The fourth-order valence-electron chi connectivity index (χ4n) is 2.21. The predicted molar refractivity (Wildman–Crippen MR) is 95.1 cm³/mol. The van der Waals surface area contributed by atoms with Gasteiger partial charge in [-0.2, -0.15) is 0 Å². The third-order valence-corrected chi connectivity index (χ3v) is 4.39. The summed E-state index contributed by atoms with van der Waals surface area (Å²) in [5.41, 5.74) is 0.812.